The molecule has 1 aliphatic carbocycles. The first-order valence-electron chi connectivity index (χ1n) is 11.4. The highest BCUT2D eigenvalue weighted by molar-refractivity contribution is 7.10. The van der Waals surface area contributed by atoms with Gasteiger partial charge in [0.05, 0.1) is 17.8 Å². The number of aliphatic carboxylic acids is 1. The van der Waals surface area contributed by atoms with Crippen molar-refractivity contribution in [2.45, 2.75) is 37.6 Å². The number of nitrogens with zero attached hydrogens (tertiary/aromatic N) is 1. The Hall–Kier alpha value is -3.78. The molecule has 0 radical (unpaired) electrons. The molecule has 1 aliphatic heterocycles. The molecule has 6 nitrogen and oxygen atoms in total. The normalized spacial score (nSPS) is 19.5. The summed E-state index contributed by atoms with van der Waals surface area (Å²) in [6.07, 6.45) is 0.288. The van der Waals surface area contributed by atoms with E-state index >= 15 is 0 Å². The number of hydrogen-bond donors (Lipinski definition) is 2. The Labute approximate surface area is 205 Å². The summed E-state index contributed by atoms with van der Waals surface area (Å²) in [5, 5.41) is 14.5. The number of fused-ring (bicyclic) bond motifs is 1. The number of halogens is 1. The fourth-order valence-corrected chi connectivity index (χ4v) is 5.71. The van der Waals surface area contributed by atoms with Crippen molar-refractivity contribution in [3.63, 3.8) is 0 Å². The van der Waals surface area contributed by atoms with E-state index in [1.165, 1.54) is 23.5 Å². The molecule has 0 unspecified atom stereocenters. The Morgan fingerprint density at radius 1 is 1.03 bits per heavy atom. The minimum Gasteiger partial charge on any atom is -0.481 e. The molecule has 3 aromatic rings. The molecule has 178 valence electrons. The lowest BCUT2D eigenvalue weighted by molar-refractivity contribution is -0.138. The molecule has 0 saturated heterocycles. The van der Waals surface area contributed by atoms with E-state index in [1.807, 2.05) is 41.8 Å². The number of amides is 1. The van der Waals surface area contributed by atoms with Gasteiger partial charge in [-0.25, -0.2) is 4.39 Å². The van der Waals surface area contributed by atoms with Crippen molar-refractivity contribution in [3.8, 4) is 0 Å². The van der Waals surface area contributed by atoms with Gasteiger partial charge < -0.3 is 10.4 Å². The second-order valence-corrected chi connectivity index (χ2v) is 9.67. The minimum atomic E-state index is -1.05. The van der Waals surface area contributed by atoms with Crippen molar-refractivity contribution in [1.82, 2.24) is 0 Å². The maximum Gasteiger partial charge on any atom is 0.303 e. The molecule has 2 N–H and O–H groups in total. The zero-order chi connectivity index (χ0) is 24.5. The van der Waals surface area contributed by atoms with Crippen LogP contribution >= 0.6 is 11.3 Å². The third-order valence-electron chi connectivity index (χ3n) is 6.46. The lowest BCUT2D eigenvalue weighted by Gasteiger charge is -2.34. The van der Waals surface area contributed by atoms with Gasteiger partial charge in [0.15, 0.2) is 5.78 Å². The smallest absolute Gasteiger partial charge is 0.303 e. The summed E-state index contributed by atoms with van der Waals surface area (Å²) >= 11 is 1.45. The summed E-state index contributed by atoms with van der Waals surface area (Å²) in [4.78, 5) is 40.8. The lowest BCUT2D eigenvalue weighted by atomic mass is 9.79. The number of carbonyl (C=O) groups is 3. The van der Waals surface area contributed by atoms with Crippen molar-refractivity contribution < 1.29 is 23.9 Å². The monoisotopic (exact) mass is 490 g/mol. The van der Waals surface area contributed by atoms with Crippen LogP contribution < -0.4 is 10.2 Å². The maximum atomic E-state index is 13.7. The zero-order valence-electron chi connectivity index (χ0n) is 18.7. The third kappa shape index (κ3) is 4.49. The van der Waals surface area contributed by atoms with Crippen LogP contribution in [0.15, 0.2) is 77.3 Å². The lowest BCUT2D eigenvalue weighted by Crippen LogP contribution is -2.38. The average Bonchev–Trinajstić information content (AvgIpc) is 3.32. The molecule has 8 heteroatoms. The molecular formula is C27H23FN2O4S. The molecule has 1 aromatic heterocycles. The van der Waals surface area contributed by atoms with Crippen LogP contribution in [0, 0.1) is 5.82 Å². The molecule has 0 fully saturated rings. The Balaban J connectivity index is 1.64. The summed E-state index contributed by atoms with van der Waals surface area (Å²) < 4.78 is 13.5. The van der Waals surface area contributed by atoms with Crippen LogP contribution in [0.2, 0.25) is 0 Å². The van der Waals surface area contributed by atoms with Crippen LogP contribution in [0.1, 0.15) is 48.1 Å². The number of carboxylic acids is 1. The van der Waals surface area contributed by atoms with Gasteiger partial charge in [-0.05, 0) is 53.6 Å². The number of allylic oxidation sites excluding steroid dienone is 1. The SMILES string of the molecule is O=C(O)CCC(=O)N1c2ccccc2NC2=C(C(=O)C[C@H](c3ccc(F)cc3)C2)[C@H]1c1cccs1. The van der Waals surface area contributed by atoms with E-state index in [0.717, 1.165) is 16.1 Å². The summed E-state index contributed by atoms with van der Waals surface area (Å²) in [6, 6.07) is 16.6. The van der Waals surface area contributed by atoms with Gasteiger partial charge in [0, 0.05) is 29.0 Å². The molecular weight excluding hydrogens is 467 g/mol. The number of ketones is 1. The van der Waals surface area contributed by atoms with Crippen LogP contribution in [0.4, 0.5) is 15.8 Å². The molecule has 0 spiro atoms. The number of rotatable bonds is 5. The molecule has 2 heterocycles. The number of thiophene rings is 1. The quantitative estimate of drug-likeness (QED) is 0.483. The van der Waals surface area contributed by atoms with Gasteiger partial charge in [0.25, 0.3) is 0 Å². The second-order valence-electron chi connectivity index (χ2n) is 8.69. The topological polar surface area (TPSA) is 86.7 Å². The minimum absolute atomic E-state index is 0.0877. The highest BCUT2D eigenvalue weighted by Gasteiger charge is 2.41. The van der Waals surface area contributed by atoms with E-state index < -0.39 is 12.0 Å². The molecule has 1 amide bonds. The van der Waals surface area contributed by atoms with E-state index in [9.17, 15) is 23.9 Å². The van der Waals surface area contributed by atoms with Crippen molar-refractivity contribution >= 4 is 40.4 Å². The third-order valence-corrected chi connectivity index (χ3v) is 7.39. The molecule has 2 atom stereocenters. The Morgan fingerprint density at radius 2 is 1.80 bits per heavy atom. The summed E-state index contributed by atoms with van der Waals surface area (Å²) in [5.74, 6) is -1.95. The molecule has 2 aromatic carbocycles. The molecule has 0 saturated carbocycles. The number of anilines is 2. The first-order chi connectivity index (χ1) is 16.9. The van der Waals surface area contributed by atoms with Crippen molar-refractivity contribution in [1.29, 1.82) is 0 Å². The van der Waals surface area contributed by atoms with Crippen LogP contribution in [-0.4, -0.2) is 22.8 Å². The maximum absolute atomic E-state index is 13.7. The summed E-state index contributed by atoms with van der Waals surface area (Å²) in [6.45, 7) is 0. The molecule has 2 aliphatic rings. The highest BCUT2D eigenvalue weighted by atomic mass is 32.1. The number of benzene rings is 2. The first kappa shape index (κ1) is 23.0. The van der Waals surface area contributed by atoms with Gasteiger partial charge in [-0.15, -0.1) is 11.3 Å². The predicted octanol–water partition coefficient (Wildman–Crippen LogP) is 5.65. The number of para-hydroxylation sites is 2. The Morgan fingerprint density at radius 3 is 2.51 bits per heavy atom. The number of carboxylic acid groups (broad SMARTS) is 1. The van der Waals surface area contributed by atoms with Crippen LogP contribution in [-0.2, 0) is 14.4 Å². The van der Waals surface area contributed by atoms with Gasteiger partial charge in [-0.1, -0.05) is 30.3 Å². The van der Waals surface area contributed by atoms with Crippen molar-refractivity contribution in [2.75, 3.05) is 10.2 Å². The molecule has 0 bridgehead atoms. The van der Waals surface area contributed by atoms with Gasteiger partial charge >= 0.3 is 5.97 Å². The van der Waals surface area contributed by atoms with E-state index in [-0.39, 0.29) is 42.7 Å². The Kier molecular flexibility index (Phi) is 6.21. The van der Waals surface area contributed by atoms with E-state index in [1.54, 1.807) is 17.0 Å². The molecule has 35 heavy (non-hydrogen) atoms. The van der Waals surface area contributed by atoms with Gasteiger partial charge in [0.1, 0.15) is 11.9 Å². The van der Waals surface area contributed by atoms with Crippen LogP contribution in [0.5, 0.6) is 0 Å². The average molecular weight is 491 g/mol. The zero-order valence-corrected chi connectivity index (χ0v) is 19.6. The Bertz CT molecular complexity index is 1320. The second kappa shape index (κ2) is 9.46. The van der Waals surface area contributed by atoms with Crippen LogP contribution in [0.25, 0.3) is 0 Å². The van der Waals surface area contributed by atoms with Gasteiger partial charge in [0.2, 0.25) is 5.91 Å². The highest BCUT2D eigenvalue weighted by Crippen LogP contribution is 2.48. The number of nitrogens with one attached hydrogen (secondary N) is 1. The van der Waals surface area contributed by atoms with Crippen LogP contribution in [0.3, 0.4) is 0 Å². The van der Waals surface area contributed by atoms with Gasteiger partial charge in [-0.3, -0.25) is 19.3 Å². The number of hydrogen-bond acceptors (Lipinski definition) is 5. The van der Waals surface area contributed by atoms with E-state index in [0.29, 0.717) is 23.4 Å². The van der Waals surface area contributed by atoms with Gasteiger partial charge in [-0.2, -0.15) is 0 Å². The summed E-state index contributed by atoms with van der Waals surface area (Å²) in [7, 11) is 0. The van der Waals surface area contributed by atoms with E-state index in [4.69, 9.17) is 0 Å². The summed E-state index contributed by atoms with van der Waals surface area (Å²) in [5.41, 5.74) is 3.41. The van der Waals surface area contributed by atoms with E-state index in [2.05, 4.69) is 5.32 Å². The molecule has 5 rings (SSSR count). The van der Waals surface area contributed by atoms with Crippen molar-refractivity contribution in [2.24, 2.45) is 0 Å². The fourth-order valence-electron chi connectivity index (χ4n) is 4.89. The van der Waals surface area contributed by atoms with Crippen molar-refractivity contribution in [3.05, 3.63) is 93.6 Å². The number of Topliss-reactive ketones (excluding diaryl/α,β-unsaturated/α-hetero) is 1. The standard InChI is InChI=1S/C27H23FN2O4S/c28-18-9-7-16(8-10-18)17-14-20-26(22(31)15-17)27(23-6-3-13-35-23)30(24(32)11-12-25(33)34)21-5-2-1-4-19(21)29-20/h1-10,13,17,27,29H,11-12,14-15H2,(H,33,34)/t17-,27-/m1/s1. The predicted molar refractivity (Wildman–Crippen MR) is 132 cm³/mol. The first-order valence-corrected chi connectivity index (χ1v) is 12.3. The number of carbonyl (C=O) groups excluding carboxylic acids is 2. The fraction of sp³-hybridized carbons (Fsp3) is 0.222. The largest absolute Gasteiger partial charge is 0.481 e.